The van der Waals surface area contributed by atoms with Crippen LogP contribution in [0.2, 0.25) is 0 Å². The van der Waals surface area contributed by atoms with Crippen LogP contribution in [-0.4, -0.2) is 19.7 Å². The molecule has 1 aliphatic rings. The van der Waals surface area contributed by atoms with Crippen molar-refractivity contribution in [2.45, 2.75) is 32.7 Å². The van der Waals surface area contributed by atoms with Gasteiger partial charge < -0.3 is 14.8 Å². The molecule has 2 aromatic carbocycles. The predicted molar refractivity (Wildman–Crippen MR) is 99.0 cm³/mol. The molecule has 0 heterocycles. The highest BCUT2D eigenvalue weighted by molar-refractivity contribution is 5.78. The number of nitrogens with one attached hydrogen (secondary N) is 1. The summed E-state index contributed by atoms with van der Waals surface area (Å²) < 4.78 is 10.6. The van der Waals surface area contributed by atoms with Crippen molar-refractivity contribution in [1.82, 2.24) is 0 Å². The Morgan fingerprint density at radius 3 is 2.60 bits per heavy atom. The summed E-state index contributed by atoms with van der Waals surface area (Å²) in [6.07, 6.45) is 0.690. The zero-order chi connectivity index (χ0) is 18.0. The van der Waals surface area contributed by atoms with Crippen molar-refractivity contribution < 1.29 is 14.3 Å². The van der Waals surface area contributed by atoms with E-state index in [-0.39, 0.29) is 11.9 Å². The second-order valence-corrected chi connectivity index (χ2v) is 6.73. The molecule has 3 rings (SSSR count). The third-order valence-corrected chi connectivity index (χ3v) is 5.01. The summed E-state index contributed by atoms with van der Waals surface area (Å²) in [7, 11) is 1.65. The van der Waals surface area contributed by atoms with Crippen LogP contribution < -0.4 is 10.1 Å². The minimum atomic E-state index is -0.510. The van der Waals surface area contributed by atoms with E-state index in [0.717, 1.165) is 17.0 Å². The molecule has 0 saturated carbocycles. The van der Waals surface area contributed by atoms with Crippen molar-refractivity contribution in [3.05, 3.63) is 59.2 Å². The van der Waals surface area contributed by atoms with Crippen LogP contribution in [0.4, 0.5) is 5.69 Å². The molecule has 1 N–H and O–H groups in total. The van der Waals surface area contributed by atoms with Crippen molar-refractivity contribution in [3.8, 4) is 5.75 Å². The summed E-state index contributed by atoms with van der Waals surface area (Å²) in [5.74, 6) is 0.395. The average molecular weight is 339 g/mol. The van der Waals surface area contributed by atoms with Gasteiger partial charge in [-0.1, -0.05) is 23.8 Å². The second-order valence-electron chi connectivity index (χ2n) is 6.73. The maximum atomic E-state index is 12.6. The Hall–Kier alpha value is -2.49. The predicted octanol–water partition coefficient (Wildman–Crippen LogP) is 4.07. The van der Waals surface area contributed by atoms with Crippen molar-refractivity contribution in [2.75, 3.05) is 19.0 Å². The maximum Gasteiger partial charge on any atom is 0.311 e. The van der Waals surface area contributed by atoms with Gasteiger partial charge in [-0.25, -0.2) is 0 Å². The number of anilines is 1. The van der Waals surface area contributed by atoms with Crippen molar-refractivity contribution in [1.29, 1.82) is 0 Å². The number of carbonyl (C=O) groups excluding carboxylic acids is 1. The topological polar surface area (TPSA) is 47.6 Å². The fraction of sp³-hybridized carbons (Fsp3) is 0.381. The smallest absolute Gasteiger partial charge is 0.311 e. The molecule has 0 amide bonds. The summed E-state index contributed by atoms with van der Waals surface area (Å²) in [6.45, 7) is 6.40. The fourth-order valence-corrected chi connectivity index (χ4v) is 3.70. The Labute approximate surface area is 149 Å². The Bertz CT molecular complexity index is 769. The summed E-state index contributed by atoms with van der Waals surface area (Å²) in [4.78, 5) is 12.6. The van der Waals surface area contributed by atoms with Gasteiger partial charge in [0, 0.05) is 5.69 Å². The van der Waals surface area contributed by atoms with Gasteiger partial charge in [0.1, 0.15) is 5.75 Å². The summed E-state index contributed by atoms with van der Waals surface area (Å²) >= 11 is 0. The van der Waals surface area contributed by atoms with E-state index in [1.54, 1.807) is 7.11 Å². The molecule has 0 spiro atoms. The monoisotopic (exact) mass is 339 g/mol. The molecule has 2 aromatic rings. The number of ether oxygens (including phenoxy) is 2. The third kappa shape index (κ3) is 3.21. The summed E-state index contributed by atoms with van der Waals surface area (Å²) in [5, 5.41) is 3.58. The van der Waals surface area contributed by atoms with Gasteiger partial charge >= 0.3 is 5.97 Å². The Kier molecular flexibility index (Phi) is 4.71. The number of carbonyl (C=O) groups is 1. The van der Waals surface area contributed by atoms with Crippen LogP contribution in [0, 0.1) is 12.8 Å². The van der Waals surface area contributed by atoms with Gasteiger partial charge in [-0.15, -0.1) is 0 Å². The van der Waals surface area contributed by atoms with Gasteiger partial charge in [0.15, 0.2) is 0 Å². The fourth-order valence-electron chi connectivity index (χ4n) is 3.70. The molecule has 132 valence electrons. The third-order valence-electron chi connectivity index (χ3n) is 5.01. The first kappa shape index (κ1) is 17.3. The second kappa shape index (κ2) is 6.79. The lowest BCUT2D eigenvalue weighted by Crippen LogP contribution is -2.41. The lowest BCUT2D eigenvalue weighted by molar-refractivity contribution is -0.149. The highest BCUT2D eigenvalue weighted by Gasteiger charge is 2.47. The van der Waals surface area contributed by atoms with Crippen LogP contribution in [0.25, 0.3) is 0 Å². The minimum Gasteiger partial charge on any atom is -0.497 e. The van der Waals surface area contributed by atoms with Gasteiger partial charge in [0.05, 0.1) is 25.2 Å². The first-order chi connectivity index (χ1) is 12.0. The summed E-state index contributed by atoms with van der Waals surface area (Å²) in [6, 6.07) is 14.2. The molecule has 0 fully saturated rings. The minimum absolute atomic E-state index is 0.153. The van der Waals surface area contributed by atoms with Crippen LogP contribution >= 0.6 is 0 Å². The average Bonchev–Trinajstić information content (AvgIpc) is 2.87. The van der Waals surface area contributed by atoms with E-state index in [1.807, 2.05) is 31.2 Å². The molecule has 0 aliphatic heterocycles. The highest BCUT2D eigenvalue weighted by Crippen LogP contribution is 2.44. The quantitative estimate of drug-likeness (QED) is 0.834. The number of methoxy groups -OCH3 is 1. The Balaban J connectivity index is 1.98. The Morgan fingerprint density at radius 1 is 1.24 bits per heavy atom. The number of rotatable bonds is 5. The number of hydrogen-bond acceptors (Lipinski definition) is 4. The molecule has 0 saturated heterocycles. The largest absolute Gasteiger partial charge is 0.497 e. The van der Waals surface area contributed by atoms with E-state index in [1.165, 1.54) is 11.1 Å². The molecule has 0 aromatic heterocycles. The van der Waals surface area contributed by atoms with E-state index in [4.69, 9.17) is 9.47 Å². The molecular weight excluding hydrogens is 314 g/mol. The van der Waals surface area contributed by atoms with Crippen molar-refractivity contribution in [2.24, 2.45) is 5.92 Å². The van der Waals surface area contributed by atoms with E-state index >= 15 is 0 Å². The zero-order valence-corrected chi connectivity index (χ0v) is 15.3. The van der Waals surface area contributed by atoms with E-state index in [0.29, 0.717) is 13.0 Å². The molecule has 0 bridgehead atoms. The van der Waals surface area contributed by atoms with E-state index in [9.17, 15) is 4.79 Å². The molecule has 0 radical (unpaired) electrons. The number of hydrogen-bond donors (Lipinski definition) is 1. The molecule has 25 heavy (non-hydrogen) atoms. The lowest BCUT2D eigenvalue weighted by atomic mass is 9.85. The maximum absolute atomic E-state index is 12.6. The van der Waals surface area contributed by atoms with Crippen molar-refractivity contribution in [3.63, 3.8) is 0 Å². The van der Waals surface area contributed by atoms with E-state index in [2.05, 4.69) is 37.4 Å². The van der Waals surface area contributed by atoms with Gasteiger partial charge in [-0.05, 0) is 62.6 Å². The molecule has 4 heteroatoms. The molecular formula is C21H25NO3. The van der Waals surface area contributed by atoms with Crippen LogP contribution in [0.15, 0.2) is 42.5 Å². The number of fused-ring (bicyclic) bond motifs is 1. The van der Waals surface area contributed by atoms with Gasteiger partial charge in [0.25, 0.3) is 0 Å². The zero-order valence-electron chi connectivity index (χ0n) is 15.3. The van der Waals surface area contributed by atoms with Gasteiger partial charge in [-0.3, -0.25) is 4.79 Å². The number of aryl methyl sites for hydroxylation is 1. The molecule has 2 atom stereocenters. The van der Waals surface area contributed by atoms with Crippen LogP contribution in [0.1, 0.15) is 30.5 Å². The molecule has 4 nitrogen and oxygen atoms in total. The number of esters is 1. The standard InChI is InChI=1S/C21H25NO3/c1-5-25-20(23)19-13-15-12-14(2)6-11-18(15)21(19,3)22-16-7-9-17(24-4)10-8-16/h6-12,19,22H,5,13H2,1-4H3/t19-,21-/m0/s1. The first-order valence-corrected chi connectivity index (χ1v) is 8.66. The van der Waals surface area contributed by atoms with Gasteiger partial charge in [0.2, 0.25) is 0 Å². The summed E-state index contributed by atoms with van der Waals surface area (Å²) in [5.41, 5.74) is 4.01. The SMILES string of the molecule is CCOC(=O)[C@@H]1Cc2cc(C)ccc2[C@]1(C)Nc1ccc(OC)cc1. The highest BCUT2D eigenvalue weighted by atomic mass is 16.5. The molecule has 0 unspecified atom stereocenters. The van der Waals surface area contributed by atoms with Crippen LogP contribution in [-0.2, 0) is 21.5 Å². The van der Waals surface area contributed by atoms with Crippen molar-refractivity contribution >= 4 is 11.7 Å². The first-order valence-electron chi connectivity index (χ1n) is 8.66. The lowest BCUT2D eigenvalue weighted by Gasteiger charge is -2.33. The van der Waals surface area contributed by atoms with E-state index < -0.39 is 5.54 Å². The van der Waals surface area contributed by atoms with Gasteiger partial charge in [-0.2, -0.15) is 0 Å². The van der Waals surface area contributed by atoms with Crippen LogP contribution in [0.3, 0.4) is 0 Å². The van der Waals surface area contributed by atoms with Crippen LogP contribution in [0.5, 0.6) is 5.75 Å². The number of benzene rings is 2. The Morgan fingerprint density at radius 2 is 1.96 bits per heavy atom. The normalized spacial score (nSPS) is 21.5. The molecule has 1 aliphatic carbocycles.